The van der Waals surface area contributed by atoms with Gasteiger partial charge in [0.2, 0.25) is 0 Å². The first-order valence-corrected chi connectivity index (χ1v) is 6.23. The molecule has 0 N–H and O–H groups in total. The highest BCUT2D eigenvalue weighted by atomic mass is 35.5. The van der Waals surface area contributed by atoms with Gasteiger partial charge in [-0.1, -0.05) is 30.3 Å². The predicted molar refractivity (Wildman–Crippen MR) is 69.7 cm³/mol. The topological polar surface area (TPSA) is 0 Å². The van der Waals surface area contributed by atoms with Crippen molar-refractivity contribution in [3.05, 3.63) is 71.3 Å². The summed E-state index contributed by atoms with van der Waals surface area (Å²) in [4.78, 5) is 0. The second kappa shape index (κ2) is 5.96. The zero-order valence-electron chi connectivity index (χ0n) is 9.74. The van der Waals surface area contributed by atoms with E-state index >= 15 is 0 Å². The molecule has 94 valence electrons. The molecule has 0 bridgehead atoms. The standard InChI is InChI=1S/C15H13ClF2/c16-15(12-4-2-1-3-5-12)7-6-11-8-13(17)10-14(18)9-11/h1-5,8-10,15H,6-7H2. The fraction of sp³-hybridized carbons (Fsp3) is 0.200. The highest BCUT2D eigenvalue weighted by Gasteiger charge is 2.08. The molecule has 0 aliphatic heterocycles. The second-order valence-corrected chi connectivity index (χ2v) is 4.72. The number of aryl methyl sites for hydroxylation is 1. The fourth-order valence-electron chi connectivity index (χ4n) is 1.88. The Morgan fingerprint density at radius 1 is 0.944 bits per heavy atom. The molecule has 2 aromatic rings. The quantitative estimate of drug-likeness (QED) is 0.692. The molecule has 0 fully saturated rings. The minimum absolute atomic E-state index is 0.141. The van der Waals surface area contributed by atoms with Gasteiger partial charge in [-0.3, -0.25) is 0 Å². The third kappa shape index (κ3) is 3.54. The Balaban J connectivity index is 1.99. The van der Waals surface area contributed by atoms with Crippen molar-refractivity contribution in [2.24, 2.45) is 0 Å². The Morgan fingerprint density at radius 2 is 1.56 bits per heavy atom. The Bertz CT molecular complexity index is 491. The summed E-state index contributed by atoms with van der Waals surface area (Å²) in [5.41, 5.74) is 1.66. The maximum Gasteiger partial charge on any atom is 0.126 e. The summed E-state index contributed by atoms with van der Waals surface area (Å²) in [6.45, 7) is 0. The number of hydrogen-bond acceptors (Lipinski definition) is 0. The number of benzene rings is 2. The van der Waals surface area contributed by atoms with Crippen molar-refractivity contribution in [1.82, 2.24) is 0 Å². The van der Waals surface area contributed by atoms with Crippen LogP contribution in [-0.4, -0.2) is 0 Å². The minimum Gasteiger partial charge on any atom is -0.207 e. The van der Waals surface area contributed by atoms with Crippen LogP contribution in [0.2, 0.25) is 0 Å². The zero-order valence-corrected chi connectivity index (χ0v) is 10.5. The first-order chi connectivity index (χ1) is 8.65. The molecule has 2 rings (SSSR count). The summed E-state index contributed by atoms with van der Waals surface area (Å²) in [5.74, 6) is -1.09. The molecule has 1 atom stereocenters. The monoisotopic (exact) mass is 266 g/mol. The third-order valence-corrected chi connectivity index (χ3v) is 3.24. The molecule has 3 heteroatoms. The van der Waals surface area contributed by atoms with Gasteiger partial charge in [-0.2, -0.15) is 0 Å². The van der Waals surface area contributed by atoms with Crippen LogP contribution in [0.4, 0.5) is 8.78 Å². The molecule has 2 aromatic carbocycles. The summed E-state index contributed by atoms with van der Waals surface area (Å²) in [6.07, 6.45) is 1.20. The molecule has 1 unspecified atom stereocenters. The van der Waals surface area contributed by atoms with E-state index in [4.69, 9.17) is 11.6 Å². The van der Waals surface area contributed by atoms with E-state index in [-0.39, 0.29) is 5.38 Å². The van der Waals surface area contributed by atoms with Crippen LogP contribution in [0.5, 0.6) is 0 Å². The highest BCUT2D eigenvalue weighted by molar-refractivity contribution is 6.20. The normalized spacial score (nSPS) is 12.4. The largest absolute Gasteiger partial charge is 0.207 e. The van der Waals surface area contributed by atoms with Gasteiger partial charge in [0.25, 0.3) is 0 Å². The molecule has 0 nitrogen and oxygen atoms in total. The van der Waals surface area contributed by atoms with Crippen molar-refractivity contribution in [1.29, 1.82) is 0 Å². The van der Waals surface area contributed by atoms with Crippen LogP contribution >= 0.6 is 11.6 Å². The molecule has 0 aliphatic carbocycles. The number of alkyl halides is 1. The minimum atomic E-state index is -0.546. The lowest BCUT2D eigenvalue weighted by molar-refractivity contribution is 0.578. The van der Waals surface area contributed by atoms with Gasteiger partial charge in [-0.05, 0) is 36.1 Å². The summed E-state index contributed by atoms with van der Waals surface area (Å²) in [6, 6.07) is 13.2. The van der Waals surface area contributed by atoms with Crippen LogP contribution in [-0.2, 0) is 6.42 Å². The van der Waals surface area contributed by atoms with Crippen molar-refractivity contribution < 1.29 is 8.78 Å². The predicted octanol–water partition coefficient (Wildman–Crippen LogP) is 4.88. The smallest absolute Gasteiger partial charge is 0.126 e. The molecule has 0 aromatic heterocycles. The Morgan fingerprint density at radius 3 is 2.17 bits per heavy atom. The van der Waals surface area contributed by atoms with Gasteiger partial charge in [-0.25, -0.2) is 8.78 Å². The van der Waals surface area contributed by atoms with E-state index in [1.165, 1.54) is 12.1 Å². The van der Waals surface area contributed by atoms with E-state index in [9.17, 15) is 8.78 Å². The van der Waals surface area contributed by atoms with E-state index in [2.05, 4.69) is 0 Å². The first-order valence-electron chi connectivity index (χ1n) is 5.79. The Kier molecular flexibility index (Phi) is 4.32. The number of hydrogen-bond donors (Lipinski definition) is 0. The Hall–Kier alpha value is -1.41. The van der Waals surface area contributed by atoms with Crippen LogP contribution in [0, 0.1) is 11.6 Å². The molecule has 0 spiro atoms. The molecule has 0 aliphatic rings. The van der Waals surface area contributed by atoms with Crippen LogP contribution in [0.1, 0.15) is 22.9 Å². The maximum absolute atomic E-state index is 13.0. The van der Waals surface area contributed by atoms with Crippen LogP contribution in [0.3, 0.4) is 0 Å². The van der Waals surface area contributed by atoms with E-state index in [0.29, 0.717) is 18.4 Å². The van der Waals surface area contributed by atoms with Crippen LogP contribution in [0.15, 0.2) is 48.5 Å². The lowest BCUT2D eigenvalue weighted by Crippen LogP contribution is -1.95. The maximum atomic E-state index is 13.0. The lowest BCUT2D eigenvalue weighted by Gasteiger charge is -2.09. The van der Waals surface area contributed by atoms with Crippen LogP contribution in [0.25, 0.3) is 0 Å². The fourth-order valence-corrected chi connectivity index (χ4v) is 2.13. The van der Waals surface area contributed by atoms with E-state index in [0.717, 1.165) is 11.6 Å². The summed E-state index contributed by atoms with van der Waals surface area (Å²) in [5, 5.41) is -0.141. The van der Waals surface area contributed by atoms with Crippen molar-refractivity contribution >= 4 is 11.6 Å². The SMILES string of the molecule is Fc1cc(F)cc(CCC(Cl)c2ccccc2)c1. The molecule has 0 saturated carbocycles. The average Bonchev–Trinajstić information content (AvgIpc) is 2.36. The summed E-state index contributed by atoms with van der Waals surface area (Å²) >= 11 is 6.25. The molecular weight excluding hydrogens is 254 g/mol. The summed E-state index contributed by atoms with van der Waals surface area (Å²) in [7, 11) is 0. The van der Waals surface area contributed by atoms with E-state index < -0.39 is 11.6 Å². The van der Waals surface area contributed by atoms with E-state index in [1.54, 1.807) is 0 Å². The molecule has 0 radical (unpaired) electrons. The van der Waals surface area contributed by atoms with Gasteiger partial charge in [0.05, 0.1) is 5.38 Å². The van der Waals surface area contributed by atoms with Crippen molar-refractivity contribution in [3.8, 4) is 0 Å². The van der Waals surface area contributed by atoms with Gasteiger partial charge in [0, 0.05) is 6.07 Å². The first kappa shape index (κ1) is 13.0. The third-order valence-electron chi connectivity index (χ3n) is 2.77. The van der Waals surface area contributed by atoms with Gasteiger partial charge < -0.3 is 0 Å². The highest BCUT2D eigenvalue weighted by Crippen LogP contribution is 2.25. The summed E-state index contributed by atoms with van der Waals surface area (Å²) < 4.78 is 26.0. The van der Waals surface area contributed by atoms with Crippen LogP contribution < -0.4 is 0 Å². The van der Waals surface area contributed by atoms with Gasteiger partial charge >= 0.3 is 0 Å². The molecule has 0 amide bonds. The second-order valence-electron chi connectivity index (χ2n) is 4.19. The van der Waals surface area contributed by atoms with Crippen molar-refractivity contribution in [2.75, 3.05) is 0 Å². The lowest BCUT2D eigenvalue weighted by atomic mass is 10.0. The zero-order chi connectivity index (χ0) is 13.0. The average molecular weight is 267 g/mol. The van der Waals surface area contributed by atoms with Gasteiger partial charge in [0.1, 0.15) is 11.6 Å². The van der Waals surface area contributed by atoms with Crippen molar-refractivity contribution in [2.45, 2.75) is 18.2 Å². The molecule has 0 saturated heterocycles. The van der Waals surface area contributed by atoms with E-state index in [1.807, 2.05) is 30.3 Å². The molecular formula is C15H13ClF2. The van der Waals surface area contributed by atoms with Crippen molar-refractivity contribution in [3.63, 3.8) is 0 Å². The number of rotatable bonds is 4. The molecule has 0 heterocycles. The molecule has 18 heavy (non-hydrogen) atoms. The Labute approximate surface area is 110 Å². The van der Waals surface area contributed by atoms with Gasteiger partial charge in [0.15, 0.2) is 0 Å². The van der Waals surface area contributed by atoms with Gasteiger partial charge in [-0.15, -0.1) is 11.6 Å². The number of halogens is 3.